The fraction of sp³-hybridized carbons (Fsp3) is 0.158. The van der Waals surface area contributed by atoms with Gasteiger partial charge in [-0.1, -0.05) is 35.9 Å². The lowest BCUT2D eigenvalue weighted by Crippen LogP contribution is -2.11. The van der Waals surface area contributed by atoms with E-state index < -0.39 is 0 Å². The average molecular weight is 357 g/mol. The van der Waals surface area contributed by atoms with Gasteiger partial charge in [0.1, 0.15) is 6.61 Å². The number of halogens is 1. The van der Waals surface area contributed by atoms with Gasteiger partial charge in [0.15, 0.2) is 5.75 Å². The molecule has 1 N–H and O–H groups in total. The zero-order valence-corrected chi connectivity index (χ0v) is 14.4. The second-order valence-corrected chi connectivity index (χ2v) is 5.39. The number of nitrogens with one attached hydrogen (secondary N) is 1. The molecule has 6 heteroatoms. The van der Waals surface area contributed by atoms with Crippen molar-refractivity contribution in [2.75, 3.05) is 25.6 Å². The number of nitrogens with zero attached hydrogens (tertiary/aromatic N) is 1. The number of amides is 1. The second kappa shape index (κ2) is 9.48. The van der Waals surface area contributed by atoms with E-state index in [-0.39, 0.29) is 5.91 Å². The Morgan fingerprint density at radius 1 is 1.24 bits per heavy atom. The molecular weight excluding hydrogens is 340 g/mol. The average Bonchev–Trinajstić information content (AvgIpc) is 2.62. The van der Waals surface area contributed by atoms with Crippen LogP contribution in [0, 0.1) is 11.3 Å². The van der Waals surface area contributed by atoms with Crippen molar-refractivity contribution in [1.82, 2.24) is 0 Å². The first kappa shape index (κ1) is 18.5. The normalized spacial score (nSPS) is 10.4. The van der Waals surface area contributed by atoms with Crippen molar-refractivity contribution in [1.29, 1.82) is 5.26 Å². The smallest absolute Gasteiger partial charge is 0.248 e. The number of hydrogen-bond acceptors (Lipinski definition) is 4. The van der Waals surface area contributed by atoms with Crippen LogP contribution in [0.15, 0.2) is 48.5 Å². The summed E-state index contributed by atoms with van der Waals surface area (Å²) in [6, 6.07) is 14.2. The van der Waals surface area contributed by atoms with Crippen molar-refractivity contribution in [3.05, 3.63) is 64.7 Å². The molecule has 0 fully saturated rings. The summed E-state index contributed by atoms with van der Waals surface area (Å²) in [6.07, 6.45) is 2.94. The van der Waals surface area contributed by atoms with Crippen LogP contribution in [-0.4, -0.2) is 26.2 Å². The number of carbonyl (C=O) groups excluding carboxylic acids is 1. The van der Waals surface area contributed by atoms with Crippen molar-refractivity contribution in [3.63, 3.8) is 0 Å². The Morgan fingerprint density at radius 2 is 2.04 bits per heavy atom. The van der Waals surface area contributed by atoms with Gasteiger partial charge < -0.3 is 14.8 Å². The molecule has 25 heavy (non-hydrogen) atoms. The van der Waals surface area contributed by atoms with Crippen molar-refractivity contribution >= 4 is 29.3 Å². The summed E-state index contributed by atoms with van der Waals surface area (Å²) in [5.41, 5.74) is 1.63. The highest BCUT2D eigenvalue weighted by atomic mass is 35.5. The lowest BCUT2D eigenvalue weighted by Gasteiger charge is -2.13. The maximum Gasteiger partial charge on any atom is 0.248 e. The Hall–Kier alpha value is -2.81. The predicted molar refractivity (Wildman–Crippen MR) is 97.6 cm³/mol. The fourth-order valence-electron chi connectivity index (χ4n) is 2.07. The van der Waals surface area contributed by atoms with Gasteiger partial charge in [-0.15, -0.1) is 0 Å². The third-order valence-corrected chi connectivity index (χ3v) is 3.55. The number of methoxy groups -OCH3 is 1. The lowest BCUT2D eigenvalue weighted by molar-refractivity contribution is -0.111. The van der Waals surface area contributed by atoms with Crippen LogP contribution in [0.5, 0.6) is 5.75 Å². The highest BCUT2D eigenvalue weighted by molar-refractivity contribution is 6.32. The molecule has 128 valence electrons. The number of rotatable bonds is 7. The maximum absolute atomic E-state index is 12.2. The van der Waals surface area contributed by atoms with E-state index in [1.165, 1.54) is 6.08 Å². The molecule has 5 nitrogen and oxygen atoms in total. The van der Waals surface area contributed by atoms with Gasteiger partial charge in [-0.3, -0.25) is 4.79 Å². The molecule has 0 saturated carbocycles. The van der Waals surface area contributed by atoms with E-state index >= 15 is 0 Å². The minimum atomic E-state index is -0.355. The first-order chi connectivity index (χ1) is 12.2. The number of hydrogen-bond donors (Lipinski definition) is 1. The van der Waals surface area contributed by atoms with Crippen LogP contribution >= 0.6 is 11.6 Å². The van der Waals surface area contributed by atoms with Crippen molar-refractivity contribution in [2.45, 2.75) is 0 Å². The van der Waals surface area contributed by atoms with Gasteiger partial charge in [-0.2, -0.15) is 5.26 Å². The van der Waals surface area contributed by atoms with Gasteiger partial charge in [-0.05, 0) is 29.8 Å². The molecule has 1 amide bonds. The molecule has 2 aromatic rings. The standard InChI is InChI=1S/C19H17ClN2O3/c1-24-11-12-25-19-16(20)7-4-8-17(19)22-18(23)10-9-14-5-2-3-6-15(14)13-21/h2-10H,11-12H2,1H3,(H,22,23)/b10-9+. The van der Waals surface area contributed by atoms with Crippen LogP contribution < -0.4 is 10.1 Å². The fourth-order valence-corrected chi connectivity index (χ4v) is 2.29. The largest absolute Gasteiger partial charge is 0.487 e. The van der Waals surface area contributed by atoms with Gasteiger partial charge in [0.05, 0.1) is 28.9 Å². The van der Waals surface area contributed by atoms with E-state index in [0.29, 0.717) is 40.8 Å². The summed E-state index contributed by atoms with van der Waals surface area (Å²) in [5, 5.41) is 12.2. The highest BCUT2D eigenvalue weighted by Gasteiger charge is 2.10. The molecule has 0 saturated heterocycles. The molecule has 0 atom stereocenters. The topological polar surface area (TPSA) is 71.3 Å². The minimum absolute atomic E-state index is 0.314. The first-order valence-electron chi connectivity index (χ1n) is 7.54. The summed E-state index contributed by atoms with van der Waals surface area (Å²) in [6.45, 7) is 0.720. The summed E-state index contributed by atoms with van der Waals surface area (Å²) < 4.78 is 10.5. The van der Waals surface area contributed by atoms with Crippen LogP contribution in [0.4, 0.5) is 5.69 Å². The monoisotopic (exact) mass is 356 g/mol. The summed E-state index contributed by atoms with van der Waals surface area (Å²) >= 11 is 6.13. The van der Waals surface area contributed by atoms with Crippen molar-refractivity contribution in [3.8, 4) is 11.8 Å². The molecule has 0 aliphatic rings. The number of para-hydroxylation sites is 1. The molecule has 2 rings (SSSR count). The van der Waals surface area contributed by atoms with E-state index in [4.69, 9.17) is 26.3 Å². The minimum Gasteiger partial charge on any atom is -0.487 e. The number of nitriles is 1. The molecule has 0 unspecified atom stereocenters. The summed E-state index contributed by atoms with van der Waals surface area (Å²) in [5.74, 6) is 0.0343. The van der Waals surface area contributed by atoms with E-state index in [1.54, 1.807) is 55.7 Å². The van der Waals surface area contributed by atoms with Crippen molar-refractivity contribution < 1.29 is 14.3 Å². The lowest BCUT2D eigenvalue weighted by atomic mass is 10.1. The van der Waals surface area contributed by atoms with Crippen LogP contribution in [0.2, 0.25) is 5.02 Å². The third-order valence-electron chi connectivity index (χ3n) is 3.25. The Bertz CT molecular complexity index is 813. The molecule has 0 heterocycles. The summed E-state index contributed by atoms with van der Waals surface area (Å²) in [7, 11) is 1.57. The quantitative estimate of drug-likeness (QED) is 0.603. The molecule has 2 aromatic carbocycles. The van der Waals surface area contributed by atoms with E-state index in [0.717, 1.165) is 0 Å². The molecule has 0 radical (unpaired) electrons. The van der Waals surface area contributed by atoms with E-state index in [9.17, 15) is 4.79 Å². The molecule has 0 aliphatic heterocycles. The van der Waals surface area contributed by atoms with Crippen LogP contribution in [0.1, 0.15) is 11.1 Å². The van der Waals surface area contributed by atoms with Crippen LogP contribution in [0.25, 0.3) is 6.08 Å². The molecule has 0 aromatic heterocycles. The number of benzene rings is 2. The van der Waals surface area contributed by atoms with E-state index in [2.05, 4.69) is 11.4 Å². The summed E-state index contributed by atoms with van der Waals surface area (Å²) in [4.78, 5) is 12.2. The number of ether oxygens (including phenoxy) is 2. The van der Waals surface area contributed by atoms with Gasteiger partial charge in [0, 0.05) is 13.2 Å². The second-order valence-electron chi connectivity index (χ2n) is 4.98. The molecule has 0 bridgehead atoms. The highest BCUT2D eigenvalue weighted by Crippen LogP contribution is 2.32. The van der Waals surface area contributed by atoms with Gasteiger partial charge in [0.2, 0.25) is 5.91 Å². The van der Waals surface area contributed by atoms with Gasteiger partial charge in [0.25, 0.3) is 0 Å². The van der Waals surface area contributed by atoms with Gasteiger partial charge in [-0.25, -0.2) is 0 Å². The Kier molecular flexibility index (Phi) is 7.02. The molecular formula is C19H17ClN2O3. The predicted octanol–water partition coefficient (Wildman–Crippen LogP) is 3.89. The Morgan fingerprint density at radius 3 is 2.80 bits per heavy atom. The molecule has 0 spiro atoms. The zero-order valence-electron chi connectivity index (χ0n) is 13.7. The van der Waals surface area contributed by atoms with Gasteiger partial charge >= 0.3 is 0 Å². The number of carbonyl (C=O) groups is 1. The van der Waals surface area contributed by atoms with Crippen molar-refractivity contribution in [2.24, 2.45) is 0 Å². The SMILES string of the molecule is COCCOc1c(Cl)cccc1NC(=O)/C=C/c1ccccc1C#N. The maximum atomic E-state index is 12.2. The Labute approximate surface area is 151 Å². The Balaban J connectivity index is 2.11. The zero-order chi connectivity index (χ0) is 18.1. The number of anilines is 1. The van der Waals surface area contributed by atoms with Crippen LogP contribution in [0.3, 0.4) is 0 Å². The molecule has 0 aliphatic carbocycles. The van der Waals surface area contributed by atoms with Crippen LogP contribution in [-0.2, 0) is 9.53 Å². The van der Waals surface area contributed by atoms with E-state index in [1.807, 2.05) is 0 Å². The first-order valence-corrected chi connectivity index (χ1v) is 7.92. The third kappa shape index (κ3) is 5.35.